The van der Waals surface area contributed by atoms with Gasteiger partial charge < -0.3 is 0 Å². The minimum absolute atomic E-state index is 0.175. The van der Waals surface area contributed by atoms with Gasteiger partial charge in [-0.15, -0.1) is 0 Å². The molecule has 0 unspecified atom stereocenters. The SMILES string of the molecule is Fc1ccc(Cl)c(F)c1Cl. The third-order valence-electron chi connectivity index (χ3n) is 0.988. The molecule has 10 heavy (non-hydrogen) atoms. The monoisotopic (exact) mass is 182 g/mol. The van der Waals surface area contributed by atoms with Crippen molar-refractivity contribution in [3.8, 4) is 0 Å². The minimum atomic E-state index is -0.914. The maximum Gasteiger partial charge on any atom is 0.163 e. The molecule has 0 aromatic heterocycles. The molecule has 0 heterocycles. The van der Waals surface area contributed by atoms with E-state index in [1.54, 1.807) is 0 Å². The molecule has 0 aliphatic rings. The van der Waals surface area contributed by atoms with Crippen molar-refractivity contribution in [1.29, 1.82) is 0 Å². The van der Waals surface area contributed by atoms with Gasteiger partial charge in [0.25, 0.3) is 0 Å². The van der Waals surface area contributed by atoms with Crippen LogP contribution in [0.4, 0.5) is 8.78 Å². The maximum absolute atomic E-state index is 12.5. The fraction of sp³-hybridized carbons (Fsp3) is 0. The zero-order chi connectivity index (χ0) is 7.72. The first-order valence-electron chi connectivity index (χ1n) is 2.42. The van der Waals surface area contributed by atoms with Gasteiger partial charge in [-0.2, -0.15) is 0 Å². The topological polar surface area (TPSA) is 0 Å². The second-order valence-electron chi connectivity index (χ2n) is 1.66. The largest absolute Gasteiger partial charge is 0.205 e. The first kappa shape index (κ1) is 7.76. The van der Waals surface area contributed by atoms with Crippen molar-refractivity contribution < 1.29 is 8.78 Å². The normalized spacial score (nSPS) is 10.0. The van der Waals surface area contributed by atoms with E-state index in [1.165, 1.54) is 0 Å². The summed E-state index contributed by atoms with van der Waals surface area (Å²) < 4.78 is 24.8. The third kappa shape index (κ3) is 1.22. The molecular weight excluding hydrogens is 181 g/mol. The molecule has 0 atom stereocenters. The van der Waals surface area contributed by atoms with Crippen LogP contribution in [-0.4, -0.2) is 0 Å². The molecule has 0 radical (unpaired) electrons. The van der Waals surface area contributed by atoms with Gasteiger partial charge in [-0.1, -0.05) is 23.2 Å². The van der Waals surface area contributed by atoms with Crippen LogP contribution < -0.4 is 0 Å². The maximum atomic E-state index is 12.5. The van der Waals surface area contributed by atoms with E-state index in [9.17, 15) is 8.78 Å². The summed E-state index contributed by atoms with van der Waals surface area (Å²) in [5.74, 6) is -1.72. The third-order valence-corrected chi connectivity index (χ3v) is 1.63. The van der Waals surface area contributed by atoms with Crippen LogP contribution in [0.2, 0.25) is 10.0 Å². The summed E-state index contributed by atoms with van der Waals surface area (Å²) in [6.07, 6.45) is 0. The molecule has 0 N–H and O–H groups in total. The van der Waals surface area contributed by atoms with Gasteiger partial charge in [-0.3, -0.25) is 0 Å². The van der Waals surface area contributed by atoms with Crippen LogP contribution in [0.25, 0.3) is 0 Å². The smallest absolute Gasteiger partial charge is 0.163 e. The van der Waals surface area contributed by atoms with Crippen LogP contribution in [0, 0.1) is 11.6 Å². The van der Waals surface area contributed by atoms with Crippen molar-refractivity contribution in [2.24, 2.45) is 0 Å². The summed E-state index contributed by atoms with van der Waals surface area (Å²) in [6, 6.07) is 2.12. The van der Waals surface area contributed by atoms with Crippen molar-refractivity contribution in [1.82, 2.24) is 0 Å². The number of benzene rings is 1. The van der Waals surface area contributed by atoms with E-state index in [1.807, 2.05) is 0 Å². The van der Waals surface area contributed by atoms with E-state index in [-0.39, 0.29) is 5.02 Å². The summed E-state index contributed by atoms with van der Waals surface area (Å²) in [4.78, 5) is 0. The molecule has 0 saturated heterocycles. The summed E-state index contributed by atoms with van der Waals surface area (Å²) >= 11 is 10.4. The Kier molecular flexibility index (Phi) is 2.11. The van der Waals surface area contributed by atoms with E-state index in [4.69, 9.17) is 23.2 Å². The molecule has 0 aliphatic carbocycles. The zero-order valence-electron chi connectivity index (χ0n) is 4.67. The zero-order valence-corrected chi connectivity index (χ0v) is 6.18. The molecule has 4 heteroatoms. The lowest BCUT2D eigenvalue weighted by Gasteiger charge is -1.96. The Balaban J connectivity index is 3.34. The average Bonchev–Trinajstić information content (AvgIpc) is 1.93. The van der Waals surface area contributed by atoms with E-state index < -0.39 is 16.7 Å². The Morgan fingerprint density at radius 3 is 2.20 bits per heavy atom. The quantitative estimate of drug-likeness (QED) is 0.427. The standard InChI is InChI=1S/C6H2Cl2F2/c7-3-1-2-4(9)5(8)6(3)10/h1-2H. The van der Waals surface area contributed by atoms with Crippen molar-refractivity contribution >= 4 is 23.2 Å². The Labute approximate surface area is 66.4 Å². The highest BCUT2D eigenvalue weighted by molar-refractivity contribution is 6.34. The highest BCUT2D eigenvalue weighted by Crippen LogP contribution is 2.24. The molecule has 1 aromatic rings. The molecule has 0 nitrogen and oxygen atoms in total. The van der Waals surface area contributed by atoms with Crippen LogP contribution in [0.1, 0.15) is 0 Å². The van der Waals surface area contributed by atoms with Crippen LogP contribution in [0.3, 0.4) is 0 Å². The number of hydrogen-bond acceptors (Lipinski definition) is 0. The predicted octanol–water partition coefficient (Wildman–Crippen LogP) is 3.27. The molecule has 54 valence electrons. The highest BCUT2D eigenvalue weighted by atomic mass is 35.5. The predicted molar refractivity (Wildman–Crippen MR) is 36.4 cm³/mol. The number of hydrogen-bond donors (Lipinski definition) is 0. The summed E-state index contributed by atoms with van der Waals surface area (Å²) in [6.45, 7) is 0. The Bertz CT molecular complexity index is 233. The molecule has 1 rings (SSSR count). The minimum Gasteiger partial charge on any atom is -0.205 e. The van der Waals surface area contributed by atoms with Gasteiger partial charge in [0.2, 0.25) is 0 Å². The van der Waals surface area contributed by atoms with Gasteiger partial charge in [0.05, 0.1) is 5.02 Å². The van der Waals surface area contributed by atoms with Crippen molar-refractivity contribution in [3.05, 3.63) is 33.8 Å². The summed E-state index contributed by atoms with van der Waals surface area (Å²) in [7, 11) is 0. The molecule has 0 aliphatic heterocycles. The lowest BCUT2D eigenvalue weighted by atomic mass is 10.3. The van der Waals surface area contributed by atoms with Crippen molar-refractivity contribution in [3.63, 3.8) is 0 Å². The average molecular weight is 183 g/mol. The first-order chi connectivity index (χ1) is 4.63. The second-order valence-corrected chi connectivity index (χ2v) is 2.44. The van der Waals surface area contributed by atoms with Gasteiger partial charge in [-0.05, 0) is 12.1 Å². The summed E-state index contributed by atoms with van der Waals surface area (Å²) in [5, 5.41) is -0.737. The molecule has 0 fully saturated rings. The second kappa shape index (κ2) is 2.72. The lowest BCUT2D eigenvalue weighted by Crippen LogP contribution is -1.83. The molecule has 0 bridgehead atoms. The van der Waals surface area contributed by atoms with Gasteiger partial charge in [-0.25, -0.2) is 8.78 Å². The van der Waals surface area contributed by atoms with Crippen LogP contribution in [0.5, 0.6) is 0 Å². The number of rotatable bonds is 0. The van der Waals surface area contributed by atoms with Crippen LogP contribution in [0.15, 0.2) is 12.1 Å². The Morgan fingerprint density at radius 2 is 1.70 bits per heavy atom. The lowest BCUT2D eigenvalue weighted by molar-refractivity contribution is 0.584. The van der Waals surface area contributed by atoms with E-state index in [2.05, 4.69) is 0 Å². The Morgan fingerprint density at radius 1 is 1.10 bits per heavy atom. The van der Waals surface area contributed by atoms with Crippen molar-refractivity contribution in [2.45, 2.75) is 0 Å². The van der Waals surface area contributed by atoms with E-state index in [0.717, 1.165) is 12.1 Å². The molecular formula is C6H2Cl2F2. The molecule has 1 aromatic carbocycles. The highest BCUT2D eigenvalue weighted by Gasteiger charge is 2.08. The molecule has 0 amide bonds. The van der Waals surface area contributed by atoms with Gasteiger partial charge in [0, 0.05) is 0 Å². The van der Waals surface area contributed by atoms with E-state index >= 15 is 0 Å². The van der Waals surface area contributed by atoms with Crippen molar-refractivity contribution in [2.75, 3.05) is 0 Å². The van der Waals surface area contributed by atoms with Gasteiger partial charge >= 0.3 is 0 Å². The van der Waals surface area contributed by atoms with Crippen LogP contribution in [-0.2, 0) is 0 Å². The number of halogens is 4. The van der Waals surface area contributed by atoms with Gasteiger partial charge in [0.1, 0.15) is 10.8 Å². The first-order valence-corrected chi connectivity index (χ1v) is 3.17. The van der Waals surface area contributed by atoms with Crippen LogP contribution >= 0.6 is 23.2 Å². The van der Waals surface area contributed by atoms with E-state index in [0.29, 0.717) is 0 Å². The molecule has 0 saturated carbocycles. The fourth-order valence-electron chi connectivity index (χ4n) is 0.502. The Hall–Kier alpha value is -0.340. The fourth-order valence-corrected chi connectivity index (χ4v) is 0.873. The summed E-state index contributed by atoms with van der Waals surface area (Å²) in [5.41, 5.74) is 0. The van der Waals surface area contributed by atoms with Gasteiger partial charge in [0.15, 0.2) is 5.82 Å². The molecule has 0 spiro atoms.